The van der Waals surface area contributed by atoms with Crippen LogP contribution in [0.25, 0.3) is 5.69 Å². The average molecular weight is 464 g/mol. The Hall–Kier alpha value is -4.01. The van der Waals surface area contributed by atoms with Crippen molar-refractivity contribution in [3.63, 3.8) is 0 Å². The van der Waals surface area contributed by atoms with E-state index >= 15 is 0 Å². The number of carbonyl (C=O) groups excluding carboxylic acids is 2. The highest BCUT2D eigenvalue weighted by Gasteiger charge is 2.24. The standard InChI is InChI=1S/C25H29N5O4/c1-5-14-28(24(32)18-10-9-13-20(15-18)30(33)34)17-23(31)26-22-16-21(25(2,3)4)27-29(22)19-11-7-6-8-12-19/h6-13,15-16H,5,14,17H2,1-4H3,(H,26,31). The maximum atomic E-state index is 13.0. The molecule has 0 radical (unpaired) electrons. The number of hydrogen-bond donors (Lipinski definition) is 1. The molecule has 0 aliphatic heterocycles. The molecule has 1 N–H and O–H groups in total. The Kier molecular flexibility index (Phi) is 7.45. The van der Waals surface area contributed by atoms with Crippen molar-refractivity contribution in [2.24, 2.45) is 0 Å². The van der Waals surface area contributed by atoms with Gasteiger partial charge in [-0.25, -0.2) is 4.68 Å². The van der Waals surface area contributed by atoms with Crippen LogP contribution in [-0.2, 0) is 10.2 Å². The zero-order valence-electron chi connectivity index (χ0n) is 19.8. The van der Waals surface area contributed by atoms with Crippen molar-refractivity contribution in [1.29, 1.82) is 0 Å². The number of nitrogens with zero attached hydrogens (tertiary/aromatic N) is 4. The number of benzene rings is 2. The SMILES string of the molecule is CCCN(CC(=O)Nc1cc(C(C)(C)C)nn1-c1ccccc1)C(=O)c1cccc([N+](=O)[O-])c1. The van der Waals surface area contributed by atoms with Crippen molar-refractivity contribution in [3.05, 3.63) is 82.0 Å². The van der Waals surface area contributed by atoms with Crippen LogP contribution in [0, 0.1) is 10.1 Å². The number of nitro groups is 1. The van der Waals surface area contributed by atoms with E-state index in [2.05, 4.69) is 10.4 Å². The van der Waals surface area contributed by atoms with Crippen molar-refractivity contribution in [2.45, 2.75) is 39.5 Å². The van der Waals surface area contributed by atoms with E-state index in [1.807, 2.05) is 64.1 Å². The van der Waals surface area contributed by atoms with Gasteiger partial charge in [0, 0.05) is 35.7 Å². The minimum atomic E-state index is -0.550. The van der Waals surface area contributed by atoms with E-state index < -0.39 is 10.8 Å². The molecule has 1 aromatic heterocycles. The fourth-order valence-corrected chi connectivity index (χ4v) is 3.42. The maximum absolute atomic E-state index is 13.0. The molecule has 3 rings (SSSR count). The lowest BCUT2D eigenvalue weighted by atomic mass is 9.92. The molecular weight excluding hydrogens is 434 g/mol. The number of amides is 2. The van der Waals surface area contributed by atoms with Crippen molar-refractivity contribution in [2.75, 3.05) is 18.4 Å². The van der Waals surface area contributed by atoms with Crippen molar-refractivity contribution in [1.82, 2.24) is 14.7 Å². The third-order valence-corrected chi connectivity index (χ3v) is 5.17. The molecule has 0 saturated carbocycles. The molecule has 1 heterocycles. The monoisotopic (exact) mass is 463 g/mol. The van der Waals surface area contributed by atoms with Crippen LogP contribution >= 0.6 is 0 Å². The topological polar surface area (TPSA) is 110 Å². The van der Waals surface area contributed by atoms with Gasteiger partial charge in [0.1, 0.15) is 12.4 Å². The largest absolute Gasteiger partial charge is 0.329 e. The minimum Gasteiger partial charge on any atom is -0.329 e. The van der Waals surface area contributed by atoms with Crippen molar-refractivity contribution < 1.29 is 14.5 Å². The predicted molar refractivity (Wildman–Crippen MR) is 130 cm³/mol. The first-order chi connectivity index (χ1) is 16.1. The molecule has 3 aromatic rings. The third-order valence-electron chi connectivity index (χ3n) is 5.17. The molecule has 0 fully saturated rings. The van der Waals surface area contributed by atoms with Crippen LogP contribution < -0.4 is 5.32 Å². The summed E-state index contributed by atoms with van der Waals surface area (Å²) in [4.78, 5) is 37.9. The number of non-ortho nitro benzene ring substituents is 1. The Balaban J connectivity index is 1.84. The number of para-hydroxylation sites is 1. The van der Waals surface area contributed by atoms with Crippen molar-refractivity contribution >= 4 is 23.3 Å². The number of carbonyl (C=O) groups is 2. The zero-order chi connectivity index (χ0) is 24.9. The summed E-state index contributed by atoms with van der Waals surface area (Å²) in [7, 11) is 0. The van der Waals surface area contributed by atoms with Gasteiger partial charge in [0.25, 0.3) is 11.6 Å². The van der Waals surface area contributed by atoms with E-state index in [4.69, 9.17) is 0 Å². The van der Waals surface area contributed by atoms with Crippen LogP contribution in [0.15, 0.2) is 60.7 Å². The molecule has 0 spiro atoms. The molecule has 9 nitrogen and oxygen atoms in total. The molecule has 0 aliphatic rings. The van der Waals surface area contributed by atoms with E-state index in [1.54, 1.807) is 4.68 Å². The second kappa shape index (κ2) is 10.3. The Morgan fingerprint density at radius 2 is 1.79 bits per heavy atom. The molecule has 178 valence electrons. The first-order valence-corrected chi connectivity index (χ1v) is 11.1. The minimum absolute atomic E-state index is 0.166. The normalized spacial score (nSPS) is 11.2. The first-order valence-electron chi connectivity index (χ1n) is 11.1. The van der Waals surface area contributed by atoms with E-state index in [-0.39, 0.29) is 29.1 Å². The highest BCUT2D eigenvalue weighted by molar-refractivity contribution is 5.99. The average Bonchev–Trinajstić information content (AvgIpc) is 3.23. The quantitative estimate of drug-likeness (QED) is 0.389. The maximum Gasteiger partial charge on any atom is 0.270 e. The molecule has 2 aromatic carbocycles. The van der Waals surface area contributed by atoms with Gasteiger partial charge in [-0.05, 0) is 24.6 Å². The van der Waals surface area contributed by atoms with Crippen molar-refractivity contribution in [3.8, 4) is 5.69 Å². The molecule has 0 aliphatic carbocycles. The van der Waals surface area contributed by atoms with E-state index in [9.17, 15) is 19.7 Å². The number of rotatable bonds is 8. The Bertz CT molecular complexity index is 1180. The summed E-state index contributed by atoms with van der Waals surface area (Å²) in [6.45, 7) is 8.15. The zero-order valence-corrected chi connectivity index (χ0v) is 19.8. The predicted octanol–water partition coefficient (Wildman–Crippen LogP) is 4.57. The van der Waals surface area contributed by atoms with Crippen LogP contribution in [-0.4, -0.2) is 44.5 Å². The summed E-state index contributed by atoms with van der Waals surface area (Å²) in [5.41, 5.74) is 1.37. The van der Waals surface area contributed by atoms with Gasteiger partial charge < -0.3 is 10.2 Å². The van der Waals surface area contributed by atoms with Crippen LogP contribution in [0.3, 0.4) is 0 Å². The lowest BCUT2D eigenvalue weighted by Gasteiger charge is -2.21. The molecule has 2 amide bonds. The summed E-state index contributed by atoms with van der Waals surface area (Å²) < 4.78 is 1.67. The molecule has 0 unspecified atom stereocenters. The summed E-state index contributed by atoms with van der Waals surface area (Å²) in [5, 5.41) is 18.7. The highest BCUT2D eigenvalue weighted by Crippen LogP contribution is 2.26. The molecule has 34 heavy (non-hydrogen) atoms. The van der Waals surface area contributed by atoms with E-state index in [0.29, 0.717) is 18.8 Å². The lowest BCUT2D eigenvalue weighted by molar-refractivity contribution is -0.384. The summed E-state index contributed by atoms with van der Waals surface area (Å²) in [6, 6.07) is 16.8. The van der Waals surface area contributed by atoms with Gasteiger partial charge in [0.15, 0.2) is 0 Å². The Labute approximate surface area is 198 Å². The fraction of sp³-hybridized carbons (Fsp3) is 0.320. The van der Waals surface area contributed by atoms with Crippen LogP contribution in [0.1, 0.15) is 50.2 Å². The number of nitro benzene ring substituents is 1. The van der Waals surface area contributed by atoms with Gasteiger partial charge >= 0.3 is 0 Å². The smallest absolute Gasteiger partial charge is 0.270 e. The summed E-state index contributed by atoms with van der Waals surface area (Å²) >= 11 is 0. The molecular formula is C25H29N5O4. The first kappa shape index (κ1) is 24.6. The van der Waals surface area contributed by atoms with Gasteiger partial charge in [-0.2, -0.15) is 5.10 Å². The Morgan fingerprint density at radius 1 is 1.09 bits per heavy atom. The number of hydrogen-bond acceptors (Lipinski definition) is 5. The molecule has 0 atom stereocenters. The molecule has 0 bridgehead atoms. The van der Waals surface area contributed by atoms with Crippen LogP contribution in [0.2, 0.25) is 0 Å². The van der Waals surface area contributed by atoms with E-state index in [0.717, 1.165) is 11.4 Å². The summed E-state index contributed by atoms with van der Waals surface area (Å²) in [5.74, 6) is -0.321. The van der Waals surface area contributed by atoms with Gasteiger partial charge in [-0.3, -0.25) is 19.7 Å². The van der Waals surface area contributed by atoms with E-state index in [1.165, 1.54) is 29.2 Å². The number of nitrogens with one attached hydrogen (secondary N) is 1. The fourth-order valence-electron chi connectivity index (χ4n) is 3.42. The highest BCUT2D eigenvalue weighted by atomic mass is 16.6. The Morgan fingerprint density at radius 3 is 2.41 bits per heavy atom. The van der Waals surface area contributed by atoms with Gasteiger partial charge in [0.2, 0.25) is 5.91 Å². The van der Waals surface area contributed by atoms with Crippen LogP contribution in [0.4, 0.5) is 11.5 Å². The molecule has 0 saturated heterocycles. The van der Waals surface area contributed by atoms with Gasteiger partial charge in [-0.1, -0.05) is 52.0 Å². The second-order valence-corrected chi connectivity index (χ2v) is 8.99. The third kappa shape index (κ3) is 5.86. The lowest BCUT2D eigenvalue weighted by Crippen LogP contribution is -2.38. The number of aromatic nitrogens is 2. The number of anilines is 1. The summed E-state index contributed by atoms with van der Waals surface area (Å²) in [6.07, 6.45) is 0.629. The van der Waals surface area contributed by atoms with Gasteiger partial charge in [0.05, 0.1) is 16.3 Å². The van der Waals surface area contributed by atoms with Crippen LogP contribution in [0.5, 0.6) is 0 Å². The molecule has 9 heteroatoms. The second-order valence-electron chi connectivity index (χ2n) is 8.99. The van der Waals surface area contributed by atoms with Gasteiger partial charge in [-0.15, -0.1) is 0 Å².